The van der Waals surface area contributed by atoms with Gasteiger partial charge in [-0.15, -0.1) is 11.3 Å². The van der Waals surface area contributed by atoms with Gasteiger partial charge in [0.25, 0.3) is 5.56 Å². The summed E-state index contributed by atoms with van der Waals surface area (Å²) >= 11 is 1.31. The minimum Gasteiger partial charge on any atom is -0.313 e. The highest BCUT2D eigenvalue weighted by Gasteiger charge is 2.26. The Hall–Kier alpha value is -1.21. The number of nitrogens with one attached hydrogen (secondary N) is 1. The molecule has 0 fully saturated rings. The Bertz CT molecular complexity index is 727. The lowest BCUT2D eigenvalue weighted by Crippen LogP contribution is -2.18. The van der Waals surface area contributed by atoms with Crippen LogP contribution in [-0.4, -0.2) is 24.1 Å². The average Bonchev–Trinajstić information content (AvgIpc) is 2.54. The minimum atomic E-state index is -2.99. The van der Waals surface area contributed by atoms with Crippen molar-refractivity contribution in [2.45, 2.75) is 12.2 Å². The largest absolute Gasteiger partial charge is 0.313 e. The van der Waals surface area contributed by atoms with E-state index in [1.807, 2.05) is 0 Å². The topological polar surface area (TPSA) is 79.9 Å². The summed E-state index contributed by atoms with van der Waals surface area (Å²) in [7, 11) is -2.99. The zero-order valence-corrected chi connectivity index (χ0v) is 9.82. The Morgan fingerprint density at radius 1 is 1.44 bits per heavy atom. The van der Waals surface area contributed by atoms with E-state index < -0.39 is 9.84 Å². The molecule has 0 atom stereocenters. The number of nitrogens with zero attached hydrogens (tertiary/aromatic N) is 1. The van der Waals surface area contributed by atoms with Gasteiger partial charge in [-0.3, -0.25) is 4.79 Å². The quantitative estimate of drug-likeness (QED) is 0.742. The Balaban J connectivity index is 2.37. The third-order valence-corrected chi connectivity index (χ3v) is 5.57. The fourth-order valence-corrected chi connectivity index (χ4v) is 4.95. The highest BCUT2D eigenvalue weighted by molar-refractivity contribution is 7.90. The van der Waals surface area contributed by atoms with Crippen molar-refractivity contribution in [2.24, 2.45) is 0 Å². The molecular formula is C9H8N2O3S2. The normalized spacial score (nSPS) is 18.5. The summed E-state index contributed by atoms with van der Waals surface area (Å²) in [6.45, 7) is 0. The zero-order valence-electron chi connectivity index (χ0n) is 8.19. The van der Waals surface area contributed by atoms with Crippen LogP contribution < -0.4 is 5.56 Å². The van der Waals surface area contributed by atoms with Crippen molar-refractivity contribution in [3.05, 3.63) is 27.1 Å². The second-order valence-corrected chi connectivity index (χ2v) is 7.03. The van der Waals surface area contributed by atoms with E-state index in [4.69, 9.17) is 0 Å². The van der Waals surface area contributed by atoms with Gasteiger partial charge >= 0.3 is 0 Å². The molecule has 84 valence electrons. The van der Waals surface area contributed by atoms with Crippen LogP contribution in [0, 0.1) is 0 Å². The second-order valence-electron chi connectivity index (χ2n) is 3.76. The fourth-order valence-electron chi connectivity index (χ4n) is 1.96. The first-order valence-electron chi connectivity index (χ1n) is 4.75. The van der Waals surface area contributed by atoms with Crippen molar-refractivity contribution in [1.29, 1.82) is 0 Å². The maximum atomic E-state index is 11.6. The third-order valence-electron chi connectivity index (χ3n) is 2.69. The molecule has 1 N–H and O–H groups in total. The number of hydrogen-bond donors (Lipinski definition) is 1. The van der Waals surface area contributed by atoms with Crippen molar-refractivity contribution in [3.8, 4) is 0 Å². The molecule has 1 aliphatic heterocycles. The van der Waals surface area contributed by atoms with E-state index in [0.29, 0.717) is 16.6 Å². The van der Waals surface area contributed by atoms with E-state index in [-0.39, 0.29) is 17.1 Å². The van der Waals surface area contributed by atoms with Crippen LogP contribution in [0.3, 0.4) is 0 Å². The van der Waals surface area contributed by atoms with Crippen molar-refractivity contribution >= 4 is 31.4 Å². The molecule has 1 aliphatic rings. The maximum Gasteiger partial charge on any atom is 0.259 e. The van der Waals surface area contributed by atoms with Gasteiger partial charge in [0.05, 0.1) is 23.2 Å². The Morgan fingerprint density at radius 2 is 2.25 bits per heavy atom. The van der Waals surface area contributed by atoms with Crippen molar-refractivity contribution < 1.29 is 8.42 Å². The lowest BCUT2D eigenvalue weighted by atomic mass is 10.1. The highest BCUT2D eigenvalue weighted by Crippen LogP contribution is 2.32. The molecule has 0 saturated carbocycles. The molecule has 0 bridgehead atoms. The standard InChI is InChI=1S/C9H8N2O3S2/c12-8-7-5-1-2-16(13,14)3-6(5)15-9(7)11-4-10-8/h4H,1-3H2,(H,10,11,12). The van der Waals surface area contributed by atoms with Gasteiger partial charge in [-0.2, -0.15) is 0 Å². The number of H-pyrrole nitrogens is 1. The van der Waals surface area contributed by atoms with Crippen molar-refractivity contribution in [3.63, 3.8) is 0 Å². The van der Waals surface area contributed by atoms with Gasteiger partial charge in [0.1, 0.15) is 4.83 Å². The van der Waals surface area contributed by atoms with E-state index in [2.05, 4.69) is 9.97 Å². The van der Waals surface area contributed by atoms with Gasteiger partial charge in [-0.25, -0.2) is 13.4 Å². The van der Waals surface area contributed by atoms with E-state index in [9.17, 15) is 13.2 Å². The lowest BCUT2D eigenvalue weighted by Gasteiger charge is -2.11. The number of fused-ring (bicyclic) bond motifs is 3. The number of thiophene rings is 1. The lowest BCUT2D eigenvalue weighted by molar-refractivity contribution is 0.592. The van der Waals surface area contributed by atoms with Gasteiger partial charge in [-0.1, -0.05) is 0 Å². The zero-order chi connectivity index (χ0) is 11.3. The first-order valence-corrected chi connectivity index (χ1v) is 7.39. The highest BCUT2D eigenvalue weighted by atomic mass is 32.2. The molecule has 16 heavy (non-hydrogen) atoms. The smallest absolute Gasteiger partial charge is 0.259 e. The van der Waals surface area contributed by atoms with E-state index in [1.165, 1.54) is 17.7 Å². The first kappa shape index (κ1) is 9.98. The first-order chi connectivity index (χ1) is 7.57. The van der Waals surface area contributed by atoms with Gasteiger partial charge in [0, 0.05) is 4.88 Å². The van der Waals surface area contributed by atoms with Gasteiger partial charge < -0.3 is 4.98 Å². The molecule has 5 nitrogen and oxygen atoms in total. The average molecular weight is 256 g/mol. The predicted molar refractivity (Wildman–Crippen MR) is 61.4 cm³/mol. The van der Waals surface area contributed by atoms with E-state index >= 15 is 0 Å². The van der Waals surface area contributed by atoms with Gasteiger partial charge in [0.2, 0.25) is 0 Å². The van der Waals surface area contributed by atoms with Crippen LogP contribution >= 0.6 is 11.3 Å². The second kappa shape index (κ2) is 3.14. The number of aromatic amines is 1. The molecule has 0 radical (unpaired) electrons. The number of sulfone groups is 1. The molecule has 0 aromatic carbocycles. The molecule has 3 heterocycles. The Kier molecular flexibility index (Phi) is 1.96. The van der Waals surface area contributed by atoms with Crippen LogP contribution in [0.15, 0.2) is 11.1 Å². The van der Waals surface area contributed by atoms with Crippen molar-refractivity contribution in [2.75, 3.05) is 5.75 Å². The Labute approximate surface area is 95.1 Å². The number of aromatic nitrogens is 2. The summed E-state index contributed by atoms with van der Waals surface area (Å²) in [4.78, 5) is 19.6. The minimum absolute atomic E-state index is 0.0444. The van der Waals surface area contributed by atoms with Crippen LogP contribution in [0.25, 0.3) is 10.2 Å². The van der Waals surface area contributed by atoms with E-state index in [1.54, 1.807) is 0 Å². The summed E-state index contributed by atoms with van der Waals surface area (Å²) in [5.41, 5.74) is 0.686. The van der Waals surface area contributed by atoms with Gasteiger partial charge in [0.15, 0.2) is 9.84 Å². The van der Waals surface area contributed by atoms with E-state index in [0.717, 1.165) is 10.4 Å². The third kappa shape index (κ3) is 1.39. The van der Waals surface area contributed by atoms with Crippen molar-refractivity contribution in [1.82, 2.24) is 9.97 Å². The molecule has 2 aromatic heterocycles. The summed E-state index contributed by atoms with van der Waals surface area (Å²) in [6, 6.07) is 0. The summed E-state index contributed by atoms with van der Waals surface area (Å²) in [5, 5.41) is 0.567. The molecule has 0 spiro atoms. The molecular weight excluding hydrogens is 248 g/mol. The number of aryl methyl sites for hydroxylation is 1. The molecule has 2 aromatic rings. The fraction of sp³-hybridized carbons (Fsp3) is 0.333. The number of rotatable bonds is 0. The summed E-state index contributed by atoms with van der Waals surface area (Å²) < 4.78 is 23.0. The maximum absolute atomic E-state index is 11.6. The predicted octanol–water partition coefficient (Wildman–Crippen LogP) is 0.456. The van der Waals surface area contributed by atoms with Crippen LogP contribution in [0.4, 0.5) is 0 Å². The van der Waals surface area contributed by atoms with Crippen LogP contribution in [0.5, 0.6) is 0 Å². The van der Waals surface area contributed by atoms with Gasteiger partial charge in [-0.05, 0) is 12.0 Å². The van der Waals surface area contributed by atoms with Crippen LogP contribution in [0.1, 0.15) is 10.4 Å². The molecule has 7 heteroatoms. The molecule has 0 saturated heterocycles. The summed E-state index contributed by atoms with van der Waals surface area (Å²) in [6.07, 6.45) is 1.77. The Morgan fingerprint density at radius 3 is 3.06 bits per heavy atom. The summed E-state index contributed by atoms with van der Waals surface area (Å²) in [5.74, 6) is 0.170. The number of hydrogen-bond acceptors (Lipinski definition) is 5. The van der Waals surface area contributed by atoms with Crippen LogP contribution in [-0.2, 0) is 22.0 Å². The molecule has 0 unspecified atom stereocenters. The molecule has 0 aliphatic carbocycles. The SMILES string of the molecule is O=c1[nH]cnc2sc3c(c12)CCS(=O)(=O)C3. The monoisotopic (exact) mass is 256 g/mol. The molecule has 3 rings (SSSR count). The van der Waals surface area contributed by atoms with Crippen LogP contribution in [0.2, 0.25) is 0 Å². The molecule has 0 amide bonds.